The number of benzene rings is 2. The molecule has 4 nitrogen and oxygen atoms in total. The summed E-state index contributed by atoms with van der Waals surface area (Å²) in [5.74, 6) is -1.30. The second kappa shape index (κ2) is 6.30. The molecule has 0 atom stereocenters. The second-order valence-corrected chi connectivity index (χ2v) is 4.51. The van der Waals surface area contributed by atoms with Gasteiger partial charge < -0.3 is 5.32 Å². The van der Waals surface area contributed by atoms with Gasteiger partial charge in [-0.1, -0.05) is 19.1 Å². The maximum atomic E-state index is 13.5. The van der Waals surface area contributed by atoms with Crippen molar-refractivity contribution in [2.45, 2.75) is 19.9 Å². The lowest BCUT2D eigenvalue weighted by atomic mass is 10.1. The molecule has 0 aromatic heterocycles. The van der Waals surface area contributed by atoms with E-state index in [1.54, 1.807) is 12.1 Å². The maximum Gasteiger partial charge on any atom is 0.274 e. The van der Waals surface area contributed by atoms with Crippen LogP contribution in [0.4, 0.5) is 20.2 Å². The number of aryl methyl sites for hydroxylation is 1. The predicted molar refractivity (Wildman–Crippen MR) is 76.2 cm³/mol. The maximum absolute atomic E-state index is 13.5. The summed E-state index contributed by atoms with van der Waals surface area (Å²) in [6.45, 7) is 1.74. The normalized spacial score (nSPS) is 10.4. The minimum Gasteiger partial charge on any atom is -0.381 e. The zero-order valence-corrected chi connectivity index (χ0v) is 11.4. The van der Waals surface area contributed by atoms with Crippen LogP contribution >= 0.6 is 0 Å². The van der Waals surface area contributed by atoms with E-state index in [2.05, 4.69) is 5.32 Å². The number of hydrogen-bond acceptors (Lipinski definition) is 3. The van der Waals surface area contributed by atoms with Gasteiger partial charge in [0.1, 0.15) is 11.6 Å². The molecule has 0 heterocycles. The molecular weight excluding hydrogens is 278 g/mol. The van der Waals surface area contributed by atoms with E-state index in [-0.39, 0.29) is 17.8 Å². The van der Waals surface area contributed by atoms with Gasteiger partial charge in [-0.3, -0.25) is 10.1 Å². The van der Waals surface area contributed by atoms with E-state index >= 15 is 0 Å². The number of nitro groups is 1. The summed E-state index contributed by atoms with van der Waals surface area (Å²) >= 11 is 0. The zero-order chi connectivity index (χ0) is 15.4. The van der Waals surface area contributed by atoms with Gasteiger partial charge in [0.05, 0.1) is 4.92 Å². The molecule has 110 valence electrons. The molecule has 0 spiro atoms. The molecule has 0 saturated heterocycles. The number of nitro benzene ring substituents is 1. The Labute approximate surface area is 120 Å². The number of nitrogens with zero attached hydrogens (tertiary/aromatic N) is 1. The lowest BCUT2D eigenvalue weighted by Crippen LogP contribution is -2.05. The van der Waals surface area contributed by atoms with E-state index in [4.69, 9.17) is 0 Å². The van der Waals surface area contributed by atoms with Crippen molar-refractivity contribution in [2.75, 3.05) is 5.32 Å². The highest BCUT2D eigenvalue weighted by atomic mass is 19.1. The Kier molecular flexibility index (Phi) is 4.47. The van der Waals surface area contributed by atoms with Crippen molar-refractivity contribution in [1.29, 1.82) is 0 Å². The smallest absolute Gasteiger partial charge is 0.274 e. The predicted octanol–water partition coefficient (Wildman–Crippen LogP) is 4.05. The Morgan fingerprint density at radius 2 is 1.86 bits per heavy atom. The first-order valence-electron chi connectivity index (χ1n) is 6.47. The Balaban J connectivity index is 2.21. The van der Waals surface area contributed by atoms with Gasteiger partial charge >= 0.3 is 0 Å². The first-order valence-corrected chi connectivity index (χ1v) is 6.47. The van der Waals surface area contributed by atoms with Gasteiger partial charge in [0.2, 0.25) is 0 Å². The van der Waals surface area contributed by atoms with E-state index < -0.39 is 16.6 Å². The van der Waals surface area contributed by atoms with Crippen LogP contribution in [0.3, 0.4) is 0 Å². The lowest BCUT2D eigenvalue weighted by Gasteiger charge is -2.09. The van der Waals surface area contributed by atoms with Gasteiger partial charge in [-0.05, 0) is 24.6 Å². The van der Waals surface area contributed by atoms with Crippen LogP contribution in [0, 0.1) is 21.7 Å². The quantitative estimate of drug-likeness (QED) is 0.668. The molecular formula is C15H14F2N2O2. The highest BCUT2D eigenvalue weighted by Gasteiger charge is 2.14. The summed E-state index contributed by atoms with van der Waals surface area (Å²) in [6, 6.07) is 8.29. The monoisotopic (exact) mass is 292 g/mol. The highest BCUT2D eigenvalue weighted by Crippen LogP contribution is 2.24. The number of nitrogens with one attached hydrogen (secondary N) is 1. The molecule has 0 bridgehead atoms. The third-order valence-corrected chi connectivity index (χ3v) is 3.19. The summed E-state index contributed by atoms with van der Waals surface area (Å²) in [4.78, 5) is 10.5. The van der Waals surface area contributed by atoms with E-state index in [0.29, 0.717) is 17.7 Å². The first kappa shape index (κ1) is 14.9. The average Bonchev–Trinajstić information content (AvgIpc) is 2.46. The molecule has 0 fully saturated rings. The van der Waals surface area contributed by atoms with Crippen LogP contribution in [0.1, 0.15) is 18.1 Å². The fraction of sp³-hybridized carbons (Fsp3) is 0.200. The molecule has 6 heteroatoms. The summed E-state index contributed by atoms with van der Waals surface area (Å²) in [5, 5.41) is 13.8. The summed E-state index contributed by atoms with van der Waals surface area (Å²) in [5.41, 5.74) is 0.959. The van der Waals surface area contributed by atoms with E-state index in [1.807, 2.05) is 6.92 Å². The molecule has 2 aromatic carbocycles. The summed E-state index contributed by atoms with van der Waals surface area (Å²) in [7, 11) is 0. The van der Waals surface area contributed by atoms with Crippen LogP contribution in [0.5, 0.6) is 0 Å². The molecule has 21 heavy (non-hydrogen) atoms. The third-order valence-electron chi connectivity index (χ3n) is 3.19. The third kappa shape index (κ3) is 3.34. The van der Waals surface area contributed by atoms with Gasteiger partial charge in [0.25, 0.3) is 5.69 Å². The number of hydrogen-bond donors (Lipinski definition) is 1. The van der Waals surface area contributed by atoms with Crippen molar-refractivity contribution in [1.82, 2.24) is 0 Å². The highest BCUT2D eigenvalue weighted by molar-refractivity contribution is 5.55. The van der Waals surface area contributed by atoms with E-state index in [9.17, 15) is 18.9 Å². The van der Waals surface area contributed by atoms with Crippen molar-refractivity contribution < 1.29 is 13.7 Å². The number of rotatable bonds is 5. The van der Waals surface area contributed by atoms with Gasteiger partial charge in [-0.25, -0.2) is 8.78 Å². The van der Waals surface area contributed by atoms with Gasteiger partial charge in [0, 0.05) is 29.4 Å². The lowest BCUT2D eigenvalue weighted by molar-refractivity contribution is -0.385. The van der Waals surface area contributed by atoms with Crippen LogP contribution in [0.15, 0.2) is 36.4 Å². The molecule has 0 unspecified atom stereocenters. The molecule has 2 aromatic rings. The summed E-state index contributed by atoms with van der Waals surface area (Å²) in [6.07, 6.45) is 0.540. The molecule has 0 amide bonds. The Hall–Kier alpha value is -2.50. The molecule has 1 N–H and O–H groups in total. The van der Waals surface area contributed by atoms with Crippen molar-refractivity contribution in [3.63, 3.8) is 0 Å². The minimum atomic E-state index is -0.651. The van der Waals surface area contributed by atoms with Gasteiger partial charge in [0.15, 0.2) is 0 Å². The van der Waals surface area contributed by atoms with Crippen molar-refractivity contribution >= 4 is 11.4 Å². The second-order valence-electron chi connectivity index (χ2n) is 4.51. The number of halogens is 2. The topological polar surface area (TPSA) is 55.2 Å². The van der Waals surface area contributed by atoms with Crippen LogP contribution in [-0.2, 0) is 13.0 Å². The first-order chi connectivity index (χ1) is 10.0. The standard InChI is InChI=1S/C15H14F2N2O2/c1-2-10-6-7-11(8-15(10)19(20)21)18-9-12-13(16)4-3-5-14(12)17/h3-8,18H,2,9H2,1H3. The van der Waals surface area contributed by atoms with Gasteiger partial charge in [-0.2, -0.15) is 0 Å². The van der Waals surface area contributed by atoms with Crippen LogP contribution in [-0.4, -0.2) is 4.92 Å². The van der Waals surface area contributed by atoms with E-state index in [1.165, 1.54) is 24.3 Å². The van der Waals surface area contributed by atoms with E-state index in [0.717, 1.165) is 0 Å². The van der Waals surface area contributed by atoms with Crippen LogP contribution < -0.4 is 5.32 Å². The minimum absolute atomic E-state index is 0.00324. The fourth-order valence-electron chi connectivity index (χ4n) is 2.03. The van der Waals surface area contributed by atoms with Crippen LogP contribution in [0.2, 0.25) is 0 Å². The largest absolute Gasteiger partial charge is 0.381 e. The van der Waals surface area contributed by atoms with Crippen molar-refractivity contribution in [2.24, 2.45) is 0 Å². The Morgan fingerprint density at radius 3 is 2.43 bits per heavy atom. The Morgan fingerprint density at radius 1 is 1.19 bits per heavy atom. The molecule has 0 radical (unpaired) electrons. The molecule has 0 aliphatic carbocycles. The molecule has 2 rings (SSSR count). The fourth-order valence-corrected chi connectivity index (χ4v) is 2.03. The molecule has 0 aliphatic rings. The molecule has 0 aliphatic heterocycles. The Bertz CT molecular complexity index is 654. The van der Waals surface area contributed by atoms with Crippen molar-refractivity contribution in [3.05, 3.63) is 69.3 Å². The average molecular weight is 292 g/mol. The van der Waals surface area contributed by atoms with Crippen molar-refractivity contribution in [3.8, 4) is 0 Å². The van der Waals surface area contributed by atoms with Crippen LogP contribution in [0.25, 0.3) is 0 Å². The summed E-state index contributed by atoms with van der Waals surface area (Å²) < 4.78 is 27.0. The van der Waals surface area contributed by atoms with Gasteiger partial charge in [-0.15, -0.1) is 0 Å². The molecule has 0 saturated carbocycles. The zero-order valence-electron chi connectivity index (χ0n) is 11.4. The number of anilines is 1. The SMILES string of the molecule is CCc1ccc(NCc2c(F)cccc2F)cc1[N+](=O)[O-].